The summed E-state index contributed by atoms with van der Waals surface area (Å²) in [6.45, 7) is 3.63. The molecule has 1 rings (SSSR count). The monoisotopic (exact) mass is 162 g/mol. The average Bonchev–Trinajstić information content (AvgIpc) is 2.16. The smallest absolute Gasteiger partial charge is 0.131 e. The molecule has 0 N–H and O–H groups in total. The third-order valence-corrected chi connectivity index (χ3v) is 1.74. The first-order chi connectivity index (χ1) is 5.83. The van der Waals surface area contributed by atoms with E-state index in [1.165, 1.54) is 0 Å². The highest BCUT2D eigenvalue weighted by molar-refractivity contribution is 5.63. The molecular weight excluding hydrogens is 152 g/mol. The largest absolute Gasteiger partial charge is 0.371 e. The summed E-state index contributed by atoms with van der Waals surface area (Å²) in [7, 11) is 1.55. The summed E-state index contributed by atoms with van der Waals surface area (Å²) >= 11 is 0. The highest BCUT2D eigenvalue weighted by atomic mass is 16.5. The quantitative estimate of drug-likeness (QED) is 0.574. The number of carbonyl (C=O) groups excluding carboxylic acids is 1. The second kappa shape index (κ2) is 3.86. The van der Waals surface area contributed by atoms with Gasteiger partial charge in [-0.3, -0.25) is 0 Å². The van der Waals surface area contributed by atoms with Crippen molar-refractivity contribution < 1.29 is 9.53 Å². The Morgan fingerprint density at radius 2 is 2.50 bits per heavy atom. The maximum absolute atomic E-state index is 10.4. The second-order valence-corrected chi connectivity index (χ2v) is 2.40. The summed E-state index contributed by atoms with van der Waals surface area (Å²) < 4.78 is 5.11. The average molecular weight is 162 g/mol. The Morgan fingerprint density at radius 1 is 1.75 bits per heavy atom. The summed E-state index contributed by atoms with van der Waals surface area (Å²) in [6.07, 6.45) is 6.71. The zero-order valence-corrected chi connectivity index (χ0v) is 6.91. The highest BCUT2D eigenvalue weighted by Crippen LogP contribution is 2.19. The SMILES string of the molecule is C=CC1=CC=CC(=C=O)C1OC. The minimum absolute atomic E-state index is 0.301. The molecule has 0 fully saturated rings. The van der Waals surface area contributed by atoms with Crippen molar-refractivity contribution in [1.82, 2.24) is 0 Å². The zero-order valence-electron chi connectivity index (χ0n) is 6.91. The van der Waals surface area contributed by atoms with Gasteiger partial charge in [-0.1, -0.05) is 24.8 Å². The molecule has 0 aromatic rings. The van der Waals surface area contributed by atoms with Crippen molar-refractivity contribution in [1.29, 1.82) is 0 Å². The zero-order chi connectivity index (χ0) is 8.97. The van der Waals surface area contributed by atoms with Gasteiger partial charge in [0, 0.05) is 7.11 Å². The molecule has 2 nitrogen and oxygen atoms in total. The third kappa shape index (κ3) is 1.45. The molecular formula is C10H10O2. The maximum atomic E-state index is 10.4. The predicted octanol–water partition coefficient (Wildman–Crippen LogP) is 1.44. The lowest BCUT2D eigenvalue weighted by Crippen LogP contribution is -2.17. The Balaban J connectivity index is 3.04. The molecule has 0 aromatic carbocycles. The van der Waals surface area contributed by atoms with Crippen molar-refractivity contribution >= 4 is 5.94 Å². The molecule has 0 amide bonds. The Kier molecular flexibility index (Phi) is 2.81. The van der Waals surface area contributed by atoms with Gasteiger partial charge in [-0.25, -0.2) is 4.79 Å². The number of ether oxygens (including phenoxy) is 1. The lowest BCUT2D eigenvalue weighted by Gasteiger charge is -2.17. The normalized spacial score (nSPS) is 21.6. The number of hydrogen-bond acceptors (Lipinski definition) is 2. The maximum Gasteiger partial charge on any atom is 0.131 e. The summed E-state index contributed by atoms with van der Waals surface area (Å²) in [6, 6.07) is 0. The molecule has 1 unspecified atom stereocenters. The van der Waals surface area contributed by atoms with Crippen molar-refractivity contribution in [3.8, 4) is 0 Å². The Hall–Kier alpha value is -1.37. The number of hydrogen-bond donors (Lipinski definition) is 0. The number of allylic oxidation sites excluding steroid dienone is 2. The van der Waals surface area contributed by atoms with Gasteiger partial charge >= 0.3 is 0 Å². The van der Waals surface area contributed by atoms with Crippen molar-refractivity contribution in [3.63, 3.8) is 0 Å². The Labute approximate surface area is 71.5 Å². The predicted molar refractivity (Wildman–Crippen MR) is 47.4 cm³/mol. The molecule has 62 valence electrons. The summed E-state index contributed by atoms with van der Waals surface area (Å²) in [5, 5.41) is 0. The molecule has 0 spiro atoms. The van der Waals surface area contributed by atoms with Crippen LogP contribution in [0, 0.1) is 0 Å². The summed E-state index contributed by atoms with van der Waals surface area (Å²) in [5.74, 6) is 1.84. The standard InChI is InChI=1S/C10H10O2/c1-3-8-5-4-6-9(7-11)10(8)12-2/h3-6,10H,1H2,2H3. The highest BCUT2D eigenvalue weighted by Gasteiger charge is 2.17. The van der Waals surface area contributed by atoms with E-state index < -0.39 is 0 Å². The van der Waals surface area contributed by atoms with E-state index in [1.807, 2.05) is 12.0 Å². The van der Waals surface area contributed by atoms with Crippen LogP contribution in [0.3, 0.4) is 0 Å². The van der Waals surface area contributed by atoms with E-state index in [1.54, 1.807) is 25.3 Å². The van der Waals surface area contributed by atoms with Gasteiger partial charge in [-0.05, 0) is 11.6 Å². The van der Waals surface area contributed by atoms with Crippen LogP contribution in [0.4, 0.5) is 0 Å². The molecule has 0 heterocycles. The van der Waals surface area contributed by atoms with E-state index in [4.69, 9.17) is 4.74 Å². The molecule has 12 heavy (non-hydrogen) atoms. The van der Waals surface area contributed by atoms with Gasteiger partial charge in [0.05, 0.1) is 5.57 Å². The first-order valence-electron chi connectivity index (χ1n) is 3.62. The van der Waals surface area contributed by atoms with Gasteiger partial charge in [0.15, 0.2) is 0 Å². The number of rotatable bonds is 2. The molecule has 1 aliphatic rings. The van der Waals surface area contributed by atoms with Crippen LogP contribution >= 0.6 is 0 Å². The molecule has 0 saturated carbocycles. The van der Waals surface area contributed by atoms with E-state index in [-0.39, 0.29) is 6.10 Å². The van der Waals surface area contributed by atoms with Crippen LogP contribution in [-0.2, 0) is 9.53 Å². The van der Waals surface area contributed by atoms with Crippen LogP contribution in [0.15, 0.2) is 42.0 Å². The minimum Gasteiger partial charge on any atom is -0.371 e. The van der Waals surface area contributed by atoms with Gasteiger partial charge in [-0.15, -0.1) is 0 Å². The van der Waals surface area contributed by atoms with Gasteiger partial charge in [0.25, 0.3) is 0 Å². The van der Waals surface area contributed by atoms with E-state index in [9.17, 15) is 4.79 Å². The molecule has 0 bridgehead atoms. The van der Waals surface area contributed by atoms with E-state index >= 15 is 0 Å². The van der Waals surface area contributed by atoms with Crippen LogP contribution in [0.1, 0.15) is 0 Å². The fourth-order valence-corrected chi connectivity index (χ4v) is 1.14. The van der Waals surface area contributed by atoms with Crippen LogP contribution in [0.5, 0.6) is 0 Å². The van der Waals surface area contributed by atoms with Crippen molar-refractivity contribution in [2.75, 3.05) is 7.11 Å². The lowest BCUT2D eigenvalue weighted by molar-refractivity contribution is 0.165. The van der Waals surface area contributed by atoms with E-state index in [0.29, 0.717) is 5.57 Å². The fourth-order valence-electron chi connectivity index (χ4n) is 1.14. The summed E-state index contributed by atoms with van der Waals surface area (Å²) in [4.78, 5) is 10.4. The number of methoxy groups -OCH3 is 1. The van der Waals surface area contributed by atoms with Gasteiger partial charge in [-0.2, -0.15) is 0 Å². The molecule has 0 saturated heterocycles. The van der Waals surface area contributed by atoms with Crippen LogP contribution in [0.25, 0.3) is 0 Å². The first-order valence-corrected chi connectivity index (χ1v) is 3.62. The van der Waals surface area contributed by atoms with Crippen LogP contribution in [-0.4, -0.2) is 19.2 Å². The van der Waals surface area contributed by atoms with E-state index in [2.05, 4.69) is 6.58 Å². The molecule has 1 atom stereocenters. The van der Waals surface area contributed by atoms with Crippen LogP contribution < -0.4 is 0 Å². The third-order valence-electron chi connectivity index (χ3n) is 1.74. The van der Waals surface area contributed by atoms with Gasteiger partial charge in [0.1, 0.15) is 12.0 Å². The Morgan fingerprint density at radius 3 is 3.00 bits per heavy atom. The van der Waals surface area contributed by atoms with Crippen molar-refractivity contribution in [3.05, 3.63) is 42.0 Å². The fraction of sp³-hybridized carbons (Fsp3) is 0.200. The molecule has 0 aliphatic heterocycles. The van der Waals surface area contributed by atoms with E-state index in [0.717, 1.165) is 5.57 Å². The topological polar surface area (TPSA) is 26.3 Å². The molecule has 0 aromatic heterocycles. The van der Waals surface area contributed by atoms with Crippen molar-refractivity contribution in [2.24, 2.45) is 0 Å². The summed E-state index contributed by atoms with van der Waals surface area (Å²) in [5.41, 5.74) is 1.40. The minimum atomic E-state index is -0.301. The molecule has 2 heteroatoms. The van der Waals surface area contributed by atoms with Crippen molar-refractivity contribution in [2.45, 2.75) is 6.10 Å². The van der Waals surface area contributed by atoms with Gasteiger partial charge in [0.2, 0.25) is 0 Å². The second-order valence-electron chi connectivity index (χ2n) is 2.40. The van der Waals surface area contributed by atoms with Gasteiger partial charge < -0.3 is 4.74 Å². The lowest BCUT2D eigenvalue weighted by atomic mass is 9.97. The molecule has 1 aliphatic carbocycles. The van der Waals surface area contributed by atoms with Crippen LogP contribution in [0.2, 0.25) is 0 Å². The first kappa shape index (κ1) is 8.72. The Bertz CT molecular complexity index is 291. The molecule has 0 radical (unpaired) electrons.